The Labute approximate surface area is 194 Å². The maximum Gasteiger partial charge on any atom is 0.263 e. The van der Waals surface area contributed by atoms with Gasteiger partial charge in [-0.2, -0.15) is 9.40 Å². The number of piperazine rings is 2. The molecule has 1 amide bonds. The summed E-state index contributed by atoms with van der Waals surface area (Å²) in [4.78, 5) is 19.1. The summed E-state index contributed by atoms with van der Waals surface area (Å²) in [6.45, 7) is 6.38. The molecular formula is C21H29ClN6O3S. The van der Waals surface area contributed by atoms with E-state index in [0.29, 0.717) is 44.3 Å². The van der Waals surface area contributed by atoms with Crippen LogP contribution in [0.5, 0.6) is 0 Å². The van der Waals surface area contributed by atoms with E-state index in [1.54, 1.807) is 11.9 Å². The Morgan fingerprint density at radius 3 is 2.31 bits per heavy atom. The van der Waals surface area contributed by atoms with Gasteiger partial charge in [0, 0.05) is 76.3 Å². The molecule has 0 atom stereocenters. The third-order valence-corrected chi connectivity index (χ3v) is 8.22. The van der Waals surface area contributed by atoms with Crippen molar-refractivity contribution in [3.8, 4) is 0 Å². The topological polar surface area (TPSA) is 82.0 Å². The van der Waals surface area contributed by atoms with Crippen molar-refractivity contribution in [1.29, 1.82) is 0 Å². The number of aromatic nitrogens is 2. The highest BCUT2D eigenvalue weighted by Crippen LogP contribution is 2.27. The summed E-state index contributed by atoms with van der Waals surface area (Å²) >= 11 is 6.16. The second-order valence-electron chi connectivity index (χ2n) is 8.44. The first-order chi connectivity index (χ1) is 15.2. The highest BCUT2D eigenvalue weighted by molar-refractivity contribution is 7.89. The number of anilines is 1. The van der Waals surface area contributed by atoms with Crippen LogP contribution in [0.25, 0.3) is 0 Å². The first-order valence-corrected chi connectivity index (χ1v) is 12.5. The van der Waals surface area contributed by atoms with Crippen LogP contribution in [0.1, 0.15) is 15.9 Å². The Morgan fingerprint density at radius 2 is 1.66 bits per heavy atom. The van der Waals surface area contributed by atoms with Gasteiger partial charge in [0.2, 0.25) is 5.03 Å². The number of amides is 1. The lowest BCUT2D eigenvalue weighted by Gasteiger charge is -2.36. The highest BCUT2D eigenvalue weighted by atomic mass is 35.5. The number of rotatable bonds is 4. The quantitative estimate of drug-likeness (QED) is 0.655. The van der Waals surface area contributed by atoms with E-state index in [1.165, 1.54) is 15.2 Å². The van der Waals surface area contributed by atoms with Crippen LogP contribution in [-0.4, -0.2) is 97.6 Å². The summed E-state index contributed by atoms with van der Waals surface area (Å²) in [5, 5.41) is 4.69. The van der Waals surface area contributed by atoms with Crippen molar-refractivity contribution < 1.29 is 13.2 Å². The van der Waals surface area contributed by atoms with Crippen LogP contribution in [0.3, 0.4) is 0 Å². The molecule has 2 fully saturated rings. The second-order valence-corrected chi connectivity index (χ2v) is 10.7. The van der Waals surface area contributed by atoms with E-state index in [0.717, 1.165) is 24.3 Å². The van der Waals surface area contributed by atoms with Gasteiger partial charge < -0.3 is 14.7 Å². The molecule has 4 rings (SSSR count). The van der Waals surface area contributed by atoms with Crippen LogP contribution in [0.2, 0.25) is 5.02 Å². The molecule has 2 aliphatic heterocycles. The first-order valence-electron chi connectivity index (χ1n) is 10.7. The summed E-state index contributed by atoms with van der Waals surface area (Å²) in [6, 6.07) is 5.72. The minimum absolute atomic E-state index is 0.144. The Hall–Kier alpha value is -2.14. The van der Waals surface area contributed by atoms with E-state index in [-0.39, 0.29) is 16.5 Å². The van der Waals surface area contributed by atoms with Crippen LogP contribution < -0.4 is 4.90 Å². The fourth-order valence-electron chi connectivity index (χ4n) is 4.20. The molecule has 174 valence electrons. The largest absolute Gasteiger partial charge is 0.369 e. The molecular weight excluding hydrogens is 452 g/mol. The Morgan fingerprint density at radius 1 is 1.00 bits per heavy atom. The molecule has 0 aliphatic carbocycles. The van der Waals surface area contributed by atoms with Crippen molar-refractivity contribution in [1.82, 2.24) is 23.9 Å². The number of carbonyl (C=O) groups is 1. The number of benzene rings is 1. The summed E-state index contributed by atoms with van der Waals surface area (Å²) in [7, 11) is -0.255. The molecule has 0 N–H and O–H groups in total. The predicted molar refractivity (Wildman–Crippen MR) is 124 cm³/mol. The van der Waals surface area contributed by atoms with Crippen LogP contribution in [0, 0.1) is 6.92 Å². The molecule has 3 heterocycles. The highest BCUT2D eigenvalue weighted by Gasteiger charge is 2.36. The van der Waals surface area contributed by atoms with E-state index in [1.807, 2.05) is 32.2 Å². The van der Waals surface area contributed by atoms with Crippen molar-refractivity contribution >= 4 is 33.2 Å². The zero-order valence-corrected chi connectivity index (χ0v) is 20.2. The molecule has 0 spiro atoms. The maximum absolute atomic E-state index is 13.5. The summed E-state index contributed by atoms with van der Waals surface area (Å²) in [5.41, 5.74) is 2.25. The lowest BCUT2D eigenvalue weighted by atomic mass is 10.1. The molecule has 0 unspecified atom stereocenters. The molecule has 2 aromatic rings. The molecule has 32 heavy (non-hydrogen) atoms. The number of hydrogen-bond donors (Lipinski definition) is 0. The fourth-order valence-corrected chi connectivity index (χ4v) is 5.90. The van der Waals surface area contributed by atoms with Crippen molar-refractivity contribution in [2.75, 3.05) is 64.3 Å². The van der Waals surface area contributed by atoms with E-state index >= 15 is 0 Å². The number of carbonyl (C=O) groups excluding carboxylic acids is 1. The number of likely N-dealkylation sites (N-methyl/N-ethyl adjacent to an activating group) is 1. The molecule has 0 radical (unpaired) electrons. The van der Waals surface area contributed by atoms with E-state index in [9.17, 15) is 13.2 Å². The van der Waals surface area contributed by atoms with Gasteiger partial charge in [0.25, 0.3) is 15.9 Å². The van der Waals surface area contributed by atoms with Crippen LogP contribution in [0.15, 0.2) is 29.4 Å². The summed E-state index contributed by atoms with van der Waals surface area (Å²) in [5.74, 6) is -0.280. The number of halogens is 1. The summed E-state index contributed by atoms with van der Waals surface area (Å²) < 4.78 is 29.7. The van der Waals surface area contributed by atoms with Crippen molar-refractivity contribution in [2.24, 2.45) is 7.05 Å². The van der Waals surface area contributed by atoms with Crippen LogP contribution in [-0.2, 0) is 17.1 Å². The van der Waals surface area contributed by atoms with Gasteiger partial charge in [-0.1, -0.05) is 17.7 Å². The van der Waals surface area contributed by atoms with Crippen molar-refractivity contribution in [3.63, 3.8) is 0 Å². The standard InChI is InChI=1S/C21H29ClN6O3S/c1-16-4-5-17(22)14-19(16)26-10-12-28(13-11-26)32(30,31)20-18(15-25(3)23-20)21(29)27-8-6-24(2)7-9-27/h4-5,14-15H,6-13H2,1-3H3. The van der Waals surface area contributed by atoms with Gasteiger partial charge in [0.15, 0.2) is 0 Å². The van der Waals surface area contributed by atoms with Crippen molar-refractivity contribution in [2.45, 2.75) is 11.9 Å². The van der Waals surface area contributed by atoms with Gasteiger partial charge >= 0.3 is 0 Å². The average Bonchev–Trinajstić information content (AvgIpc) is 3.18. The van der Waals surface area contributed by atoms with Gasteiger partial charge in [-0.15, -0.1) is 0 Å². The van der Waals surface area contributed by atoms with E-state index < -0.39 is 10.0 Å². The minimum Gasteiger partial charge on any atom is -0.369 e. The number of nitrogens with zero attached hydrogens (tertiary/aromatic N) is 6. The zero-order chi connectivity index (χ0) is 23.0. The molecule has 2 aliphatic rings. The number of hydrogen-bond acceptors (Lipinski definition) is 6. The molecule has 1 aromatic heterocycles. The van der Waals surface area contributed by atoms with Crippen LogP contribution in [0.4, 0.5) is 5.69 Å². The smallest absolute Gasteiger partial charge is 0.263 e. The lowest BCUT2D eigenvalue weighted by molar-refractivity contribution is 0.0660. The number of sulfonamides is 1. The molecule has 1 aromatic carbocycles. The average molecular weight is 481 g/mol. The molecule has 9 nitrogen and oxygen atoms in total. The van der Waals surface area contributed by atoms with E-state index in [4.69, 9.17) is 11.6 Å². The van der Waals surface area contributed by atoms with Gasteiger partial charge in [-0.3, -0.25) is 9.48 Å². The monoisotopic (exact) mass is 480 g/mol. The van der Waals surface area contributed by atoms with E-state index in [2.05, 4.69) is 14.9 Å². The second kappa shape index (κ2) is 9.01. The van der Waals surface area contributed by atoms with Gasteiger partial charge in [0.1, 0.15) is 0 Å². The normalized spacial score (nSPS) is 18.9. The molecule has 2 saturated heterocycles. The molecule has 0 saturated carbocycles. The third-order valence-electron chi connectivity index (χ3n) is 6.15. The fraction of sp³-hybridized carbons (Fsp3) is 0.524. The Kier molecular flexibility index (Phi) is 6.49. The predicted octanol–water partition coefficient (Wildman–Crippen LogP) is 1.28. The van der Waals surface area contributed by atoms with Gasteiger partial charge in [-0.25, -0.2) is 8.42 Å². The Bertz CT molecular complexity index is 1100. The molecule has 11 heteroatoms. The maximum atomic E-state index is 13.5. The molecule has 0 bridgehead atoms. The first kappa shape index (κ1) is 23.0. The summed E-state index contributed by atoms with van der Waals surface area (Å²) in [6.07, 6.45) is 1.51. The van der Waals surface area contributed by atoms with Gasteiger partial charge in [-0.05, 0) is 31.7 Å². The zero-order valence-electron chi connectivity index (χ0n) is 18.7. The number of aryl methyl sites for hydroxylation is 2. The van der Waals surface area contributed by atoms with Crippen LogP contribution >= 0.6 is 11.6 Å². The Balaban J connectivity index is 1.52. The lowest BCUT2D eigenvalue weighted by Crippen LogP contribution is -2.49. The van der Waals surface area contributed by atoms with Crippen molar-refractivity contribution in [3.05, 3.63) is 40.5 Å². The third kappa shape index (κ3) is 4.50. The van der Waals surface area contributed by atoms with Gasteiger partial charge in [0.05, 0.1) is 5.56 Å². The minimum atomic E-state index is -3.90. The SMILES string of the molecule is Cc1ccc(Cl)cc1N1CCN(S(=O)(=O)c2nn(C)cc2C(=O)N2CCN(C)CC2)CC1.